The van der Waals surface area contributed by atoms with Crippen LogP contribution in [0.5, 0.6) is 0 Å². The molecule has 112 valence electrons. The minimum Gasteiger partial charge on any atom is -0.351 e. The highest BCUT2D eigenvalue weighted by molar-refractivity contribution is 6.30. The van der Waals surface area contributed by atoms with Gasteiger partial charge in [-0.3, -0.25) is 4.98 Å². The average Bonchev–Trinajstić information content (AvgIpc) is 2.44. The van der Waals surface area contributed by atoms with Gasteiger partial charge in [0.25, 0.3) is 0 Å². The fourth-order valence-electron chi connectivity index (χ4n) is 2.33. The number of pyridine rings is 1. The zero-order chi connectivity index (χ0) is 15.4. The van der Waals surface area contributed by atoms with Gasteiger partial charge in [0.05, 0.1) is 12.2 Å². The van der Waals surface area contributed by atoms with E-state index in [1.807, 2.05) is 25.1 Å². The highest BCUT2D eigenvalue weighted by Gasteiger charge is 2.18. The number of halogens is 1. The molecule has 2 heterocycles. The van der Waals surface area contributed by atoms with Crippen molar-refractivity contribution >= 4 is 17.4 Å². The second-order valence-electron chi connectivity index (χ2n) is 5.34. The van der Waals surface area contributed by atoms with Crippen molar-refractivity contribution in [3.8, 4) is 0 Å². The fourth-order valence-corrected chi connectivity index (χ4v) is 2.68. The van der Waals surface area contributed by atoms with Gasteiger partial charge in [0, 0.05) is 17.8 Å². The lowest BCUT2D eigenvalue weighted by Crippen LogP contribution is -2.25. The Morgan fingerprint density at radius 2 is 2.00 bits per heavy atom. The summed E-state index contributed by atoms with van der Waals surface area (Å²) in [6.07, 6.45) is 1.52. The van der Waals surface area contributed by atoms with Gasteiger partial charge in [0.1, 0.15) is 17.3 Å². The summed E-state index contributed by atoms with van der Waals surface area (Å²) in [6.45, 7) is 9.87. The summed E-state index contributed by atoms with van der Waals surface area (Å²) in [7, 11) is 0. The van der Waals surface area contributed by atoms with Crippen LogP contribution in [-0.4, -0.2) is 21.5 Å². The van der Waals surface area contributed by atoms with E-state index in [1.165, 1.54) is 6.33 Å². The molecule has 0 amide bonds. The van der Waals surface area contributed by atoms with Crippen LogP contribution in [-0.2, 0) is 6.54 Å². The van der Waals surface area contributed by atoms with Crippen LogP contribution in [0.25, 0.3) is 0 Å². The minimum absolute atomic E-state index is 0.271. The van der Waals surface area contributed by atoms with Crippen molar-refractivity contribution in [3.05, 3.63) is 46.6 Å². The van der Waals surface area contributed by atoms with E-state index in [0.29, 0.717) is 11.7 Å². The van der Waals surface area contributed by atoms with Crippen LogP contribution in [0, 0.1) is 6.92 Å². The van der Waals surface area contributed by atoms with Gasteiger partial charge in [-0.2, -0.15) is 0 Å². The van der Waals surface area contributed by atoms with Crippen LogP contribution in [0.4, 0.5) is 5.82 Å². The van der Waals surface area contributed by atoms with E-state index < -0.39 is 0 Å². The lowest BCUT2D eigenvalue weighted by molar-refractivity contribution is 0.757. The van der Waals surface area contributed by atoms with Gasteiger partial charge < -0.3 is 4.90 Å². The number of aromatic nitrogens is 3. The molecule has 21 heavy (non-hydrogen) atoms. The number of aryl methyl sites for hydroxylation is 1. The molecule has 0 fully saturated rings. The summed E-state index contributed by atoms with van der Waals surface area (Å²) in [4.78, 5) is 15.3. The van der Waals surface area contributed by atoms with Gasteiger partial charge in [-0.25, -0.2) is 9.97 Å². The smallest absolute Gasteiger partial charge is 0.138 e. The van der Waals surface area contributed by atoms with Crippen LogP contribution in [0.15, 0.2) is 24.5 Å². The first kappa shape index (κ1) is 15.7. The lowest BCUT2D eigenvalue weighted by atomic mass is 10.1. The first-order valence-corrected chi connectivity index (χ1v) is 7.58. The third-order valence-electron chi connectivity index (χ3n) is 3.37. The Hall–Kier alpha value is -1.68. The van der Waals surface area contributed by atoms with Gasteiger partial charge in [0.15, 0.2) is 0 Å². The summed E-state index contributed by atoms with van der Waals surface area (Å²) in [5, 5.41) is 0.533. The molecule has 0 atom stereocenters. The molecule has 0 aliphatic rings. The molecule has 0 saturated carbocycles. The Balaban J connectivity index is 2.36. The lowest BCUT2D eigenvalue weighted by Gasteiger charge is -2.25. The zero-order valence-corrected chi connectivity index (χ0v) is 13.7. The standard InChI is InChI=1S/C16H21ClN4/c1-5-21(9-13-8-6-7-12(4)20-13)16-14(11(2)3)15(17)18-10-19-16/h6-8,10-11H,5,9H2,1-4H3. The van der Waals surface area contributed by atoms with Gasteiger partial charge >= 0.3 is 0 Å². The van der Waals surface area contributed by atoms with E-state index in [0.717, 1.165) is 29.3 Å². The summed E-state index contributed by atoms with van der Waals surface area (Å²) in [5.74, 6) is 1.17. The minimum atomic E-state index is 0.271. The SMILES string of the molecule is CCN(Cc1cccc(C)n1)c1ncnc(Cl)c1C(C)C. The van der Waals surface area contributed by atoms with Crippen molar-refractivity contribution in [2.24, 2.45) is 0 Å². The molecule has 5 heteroatoms. The first-order chi connectivity index (χ1) is 10.0. The van der Waals surface area contributed by atoms with Crippen LogP contribution in [0.2, 0.25) is 5.15 Å². The summed E-state index contributed by atoms with van der Waals surface area (Å²) >= 11 is 6.26. The average molecular weight is 305 g/mol. The highest BCUT2D eigenvalue weighted by Crippen LogP contribution is 2.31. The maximum absolute atomic E-state index is 6.26. The Kier molecular flexibility index (Phi) is 5.12. The summed E-state index contributed by atoms with van der Waals surface area (Å²) in [5.41, 5.74) is 3.04. The van der Waals surface area contributed by atoms with Crippen molar-refractivity contribution in [2.45, 2.75) is 40.2 Å². The topological polar surface area (TPSA) is 41.9 Å². The van der Waals surface area contributed by atoms with Crippen molar-refractivity contribution in [3.63, 3.8) is 0 Å². The molecule has 0 radical (unpaired) electrons. The number of nitrogens with zero attached hydrogens (tertiary/aromatic N) is 4. The molecular weight excluding hydrogens is 284 g/mol. The van der Waals surface area contributed by atoms with E-state index in [4.69, 9.17) is 11.6 Å². The van der Waals surface area contributed by atoms with Crippen LogP contribution < -0.4 is 4.90 Å². The second kappa shape index (κ2) is 6.85. The van der Waals surface area contributed by atoms with Crippen LogP contribution in [0.3, 0.4) is 0 Å². The monoisotopic (exact) mass is 304 g/mol. The zero-order valence-electron chi connectivity index (χ0n) is 13.0. The largest absolute Gasteiger partial charge is 0.351 e. The predicted molar refractivity (Wildman–Crippen MR) is 86.8 cm³/mol. The summed E-state index contributed by atoms with van der Waals surface area (Å²) < 4.78 is 0. The number of anilines is 1. The fraction of sp³-hybridized carbons (Fsp3) is 0.438. The molecule has 0 aliphatic carbocycles. The van der Waals surface area contributed by atoms with Gasteiger partial charge in [0.2, 0.25) is 0 Å². The third kappa shape index (κ3) is 3.70. The van der Waals surface area contributed by atoms with Gasteiger partial charge in [-0.05, 0) is 31.9 Å². The van der Waals surface area contributed by atoms with Crippen molar-refractivity contribution < 1.29 is 0 Å². The van der Waals surface area contributed by atoms with E-state index in [2.05, 4.69) is 40.6 Å². The molecule has 0 N–H and O–H groups in total. The number of hydrogen-bond acceptors (Lipinski definition) is 4. The normalized spacial score (nSPS) is 11.0. The molecule has 0 aliphatic heterocycles. The number of rotatable bonds is 5. The van der Waals surface area contributed by atoms with E-state index >= 15 is 0 Å². The molecule has 2 rings (SSSR count). The van der Waals surface area contributed by atoms with Crippen LogP contribution >= 0.6 is 11.6 Å². The second-order valence-corrected chi connectivity index (χ2v) is 5.70. The predicted octanol–water partition coefficient (Wildman–Crippen LogP) is 3.98. The highest BCUT2D eigenvalue weighted by atomic mass is 35.5. The Morgan fingerprint density at radius 1 is 1.24 bits per heavy atom. The summed E-state index contributed by atoms with van der Waals surface area (Å²) in [6, 6.07) is 6.07. The van der Waals surface area contributed by atoms with E-state index in [-0.39, 0.29) is 5.92 Å². The molecule has 0 spiro atoms. The molecule has 0 bridgehead atoms. The molecule has 0 saturated heterocycles. The molecule has 2 aromatic heterocycles. The van der Waals surface area contributed by atoms with Crippen molar-refractivity contribution in [1.29, 1.82) is 0 Å². The quantitative estimate of drug-likeness (QED) is 0.783. The maximum atomic E-state index is 6.26. The maximum Gasteiger partial charge on any atom is 0.138 e. The van der Waals surface area contributed by atoms with Crippen molar-refractivity contribution in [1.82, 2.24) is 15.0 Å². The molecule has 4 nitrogen and oxygen atoms in total. The first-order valence-electron chi connectivity index (χ1n) is 7.20. The molecule has 0 unspecified atom stereocenters. The third-order valence-corrected chi connectivity index (χ3v) is 3.67. The Labute approximate surface area is 131 Å². The number of hydrogen-bond donors (Lipinski definition) is 0. The molecule has 2 aromatic rings. The Bertz CT molecular complexity index is 613. The molecule has 0 aromatic carbocycles. The van der Waals surface area contributed by atoms with Crippen LogP contribution in [0.1, 0.15) is 43.6 Å². The molecular formula is C16H21ClN4. The van der Waals surface area contributed by atoms with Gasteiger partial charge in [-0.1, -0.05) is 31.5 Å². The van der Waals surface area contributed by atoms with E-state index in [1.54, 1.807) is 0 Å². The van der Waals surface area contributed by atoms with Gasteiger partial charge in [-0.15, -0.1) is 0 Å². The van der Waals surface area contributed by atoms with E-state index in [9.17, 15) is 0 Å². The van der Waals surface area contributed by atoms with Crippen molar-refractivity contribution in [2.75, 3.05) is 11.4 Å². The Morgan fingerprint density at radius 3 is 2.62 bits per heavy atom.